The van der Waals surface area contributed by atoms with Gasteiger partial charge in [-0.3, -0.25) is 4.79 Å². The molecule has 25 heavy (non-hydrogen) atoms. The Kier molecular flexibility index (Phi) is 3.87. The highest BCUT2D eigenvalue weighted by Gasteiger charge is 2.31. The van der Waals surface area contributed by atoms with Crippen molar-refractivity contribution in [2.75, 3.05) is 5.73 Å². The summed E-state index contributed by atoms with van der Waals surface area (Å²) in [6.07, 6.45) is -3.61. The van der Waals surface area contributed by atoms with Crippen molar-refractivity contribution in [2.24, 2.45) is 5.73 Å². The van der Waals surface area contributed by atoms with Crippen LogP contribution in [0.15, 0.2) is 36.7 Å². The van der Waals surface area contributed by atoms with Gasteiger partial charge in [-0.05, 0) is 30.3 Å². The van der Waals surface area contributed by atoms with Gasteiger partial charge in [-0.1, -0.05) is 0 Å². The van der Waals surface area contributed by atoms with Crippen LogP contribution in [0.25, 0.3) is 22.3 Å². The molecule has 4 N–H and O–H groups in total. The van der Waals surface area contributed by atoms with E-state index in [1.54, 1.807) is 0 Å². The van der Waals surface area contributed by atoms with Crippen LogP contribution in [0.5, 0.6) is 5.75 Å². The predicted molar refractivity (Wildman–Crippen MR) is 82.4 cm³/mol. The van der Waals surface area contributed by atoms with Crippen LogP contribution in [0.1, 0.15) is 10.4 Å². The zero-order chi connectivity index (χ0) is 18.2. The number of alkyl halides is 3. The Morgan fingerprint density at radius 3 is 2.36 bits per heavy atom. The van der Waals surface area contributed by atoms with Gasteiger partial charge >= 0.3 is 6.36 Å². The SMILES string of the molecule is NC(=O)c1cc(-c2ccc(OC(F)(F)F)cc2)nc2c(N)ncnc12. The summed E-state index contributed by atoms with van der Waals surface area (Å²) in [5.41, 5.74) is 12.3. The van der Waals surface area contributed by atoms with Crippen molar-refractivity contribution in [3.8, 4) is 17.0 Å². The molecule has 10 heteroatoms. The van der Waals surface area contributed by atoms with Crippen molar-refractivity contribution in [3.05, 3.63) is 42.2 Å². The third-order valence-electron chi connectivity index (χ3n) is 3.27. The molecule has 0 saturated heterocycles. The Balaban J connectivity index is 2.09. The lowest BCUT2D eigenvalue weighted by molar-refractivity contribution is -0.274. The minimum atomic E-state index is -4.78. The number of fused-ring (bicyclic) bond motifs is 1. The van der Waals surface area contributed by atoms with Crippen molar-refractivity contribution < 1.29 is 22.7 Å². The maximum Gasteiger partial charge on any atom is 0.573 e. The molecule has 7 nitrogen and oxygen atoms in total. The molecule has 0 fully saturated rings. The topological polar surface area (TPSA) is 117 Å². The van der Waals surface area contributed by atoms with Crippen LogP contribution in [0.2, 0.25) is 0 Å². The lowest BCUT2D eigenvalue weighted by Gasteiger charge is -2.10. The largest absolute Gasteiger partial charge is 0.573 e. The van der Waals surface area contributed by atoms with E-state index >= 15 is 0 Å². The van der Waals surface area contributed by atoms with E-state index in [1.165, 1.54) is 24.5 Å². The zero-order valence-electron chi connectivity index (χ0n) is 12.4. The van der Waals surface area contributed by atoms with Crippen LogP contribution < -0.4 is 16.2 Å². The summed E-state index contributed by atoms with van der Waals surface area (Å²) in [6, 6.07) is 6.36. The normalized spacial score (nSPS) is 11.5. The highest BCUT2D eigenvalue weighted by Crippen LogP contribution is 2.28. The summed E-state index contributed by atoms with van der Waals surface area (Å²) in [7, 11) is 0. The molecular weight excluding hydrogens is 339 g/mol. The molecule has 0 radical (unpaired) electrons. The summed E-state index contributed by atoms with van der Waals surface area (Å²) in [6.45, 7) is 0. The number of hydrogen-bond donors (Lipinski definition) is 2. The number of halogens is 3. The van der Waals surface area contributed by atoms with Gasteiger partial charge < -0.3 is 16.2 Å². The first-order valence-electron chi connectivity index (χ1n) is 6.82. The maximum absolute atomic E-state index is 12.2. The lowest BCUT2D eigenvalue weighted by atomic mass is 10.1. The molecule has 3 aromatic rings. The molecule has 1 aromatic carbocycles. The molecule has 0 bridgehead atoms. The highest BCUT2D eigenvalue weighted by atomic mass is 19.4. The number of nitrogens with zero attached hydrogens (tertiary/aromatic N) is 3. The molecule has 1 amide bonds. The Labute approximate surface area is 138 Å². The van der Waals surface area contributed by atoms with E-state index in [0.29, 0.717) is 5.56 Å². The summed E-state index contributed by atoms with van der Waals surface area (Å²) < 4.78 is 40.4. The van der Waals surface area contributed by atoms with Gasteiger partial charge in [0.1, 0.15) is 23.1 Å². The molecule has 0 aliphatic rings. The van der Waals surface area contributed by atoms with Crippen LogP contribution in [0, 0.1) is 0 Å². The standard InChI is InChI=1S/C15H10F3N5O2/c16-15(17,18)25-8-3-1-7(2-4-8)10-5-9(14(20)24)11-12(23-10)13(19)22-6-21-11/h1-6H,(H2,20,24)(H2,19,21,22). The molecule has 0 unspecified atom stereocenters. The van der Waals surface area contributed by atoms with Gasteiger partial charge in [0.15, 0.2) is 5.82 Å². The second kappa shape index (κ2) is 5.89. The number of carbonyl (C=O) groups is 1. The monoisotopic (exact) mass is 349 g/mol. The summed E-state index contributed by atoms with van der Waals surface area (Å²) in [5, 5.41) is 0. The molecule has 0 saturated carbocycles. The van der Waals surface area contributed by atoms with Crippen LogP contribution >= 0.6 is 0 Å². The minimum Gasteiger partial charge on any atom is -0.406 e. The Bertz CT molecular complexity index is 958. The molecule has 0 atom stereocenters. The molecule has 2 aromatic heterocycles. The Hall–Kier alpha value is -3.43. The van der Waals surface area contributed by atoms with Gasteiger partial charge in [0.25, 0.3) is 5.91 Å². The van der Waals surface area contributed by atoms with E-state index in [-0.39, 0.29) is 33.9 Å². The summed E-state index contributed by atoms with van der Waals surface area (Å²) in [4.78, 5) is 23.7. The number of benzene rings is 1. The van der Waals surface area contributed by atoms with Crippen molar-refractivity contribution >= 4 is 22.8 Å². The lowest BCUT2D eigenvalue weighted by Crippen LogP contribution is -2.17. The first-order chi connectivity index (χ1) is 11.7. The number of amides is 1. The number of carbonyl (C=O) groups excluding carboxylic acids is 1. The third kappa shape index (κ3) is 3.42. The van der Waals surface area contributed by atoms with Gasteiger partial charge in [0.05, 0.1) is 11.3 Å². The average Bonchev–Trinajstić information content (AvgIpc) is 2.53. The van der Waals surface area contributed by atoms with E-state index in [9.17, 15) is 18.0 Å². The molecule has 2 heterocycles. The van der Waals surface area contributed by atoms with Crippen molar-refractivity contribution in [1.29, 1.82) is 0 Å². The van der Waals surface area contributed by atoms with E-state index in [0.717, 1.165) is 12.1 Å². The highest BCUT2D eigenvalue weighted by molar-refractivity contribution is 6.06. The predicted octanol–water partition coefficient (Wildman–Crippen LogP) is 2.27. The number of rotatable bonds is 3. The number of nitrogens with two attached hydrogens (primary N) is 2. The fraction of sp³-hybridized carbons (Fsp3) is 0.0667. The van der Waals surface area contributed by atoms with Crippen LogP contribution in [0.4, 0.5) is 19.0 Å². The molecule has 3 rings (SSSR count). The first kappa shape index (κ1) is 16.4. The van der Waals surface area contributed by atoms with Gasteiger partial charge in [-0.25, -0.2) is 15.0 Å². The molecule has 0 spiro atoms. The summed E-state index contributed by atoms with van der Waals surface area (Å²) in [5.74, 6) is -1.08. The third-order valence-corrected chi connectivity index (χ3v) is 3.27. The van der Waals surface area contributed by atoms with Crippen LogP contribution in [-0.2, 0) is 0 Å². The maximum atomic E-state index is 12.2. The quantitative estimate of drug-likeness (QED) is 0.749. The number of ether oxygens (including phenoxy) is 1. The second-order valence-corrected chi connectivity index (χ2v) is 4.95. The van der Waals surface area contributed by atoms with Crippen LogP contribution in [-0.4, -0.2) is 27.2 Å². The second-order valence-electron chi connectivity index (χ2n) is 4.95. The fourth-order valence-corrected chi connectivity index (χ4v) is 2.22. The number of hydrogen-bond acceptors (Lipinski definition) is 6. The molecule has 0 aliphatic carbocycles. The van der Waals surface area contributed by atoms with Crippen molar-refractivity contribution in [1.82, 2.24) is 15.0 Å². The number of nitrogen functional groups attached to an aromatic ring is 1. The Morgan fingerprint density at radius 1 is 1.08 bits per heavy atom. The summed E-state index contributed by atoms with van der Waals surface area (Å²) >= 11 is 0. The number of primary amides is 1. The molecule has 0 aliphatic heterocycles. The van der Waals surface area contributed by atoms with Gasteiger partial charge in [-0.15, -0.1) is 13.2 Å². The average molecular weight is 349 g/mol. The van der Waals surface area contributed by atoms with E-state index in [1.807, 2.05) is 0 Å². The zero-order valence-corrected chi connectivity index (χ0v) is 12.4. The van der Waals surface area contributed by atoms with Crippen molar-refractivity contribution in [2.45, 2.75) is 6.36 Å². The number of pyridine rings is 1. The number of anilines is 1. The van der Waals surface area contributed by atoms with Crippen LogP contribution in [0.3, 0.4) is 0 Å². The smallest absolute Gasteiger partial charge is 0.406 e. The van der Waals surface area contributed by atoms with E-state index in [2.05, 4.69) is 19.7 Å². The number of aromatic nitrogens is 3. The molecule has 128 valence electrons. The molecular formula is C15H10F3N5O2. The van der Waals surface area contributed by atoms with Gasteiger partial charge in [0.2, 0.25) is 0 Å². The van der Waals surface area contributed by atoms with Gasteiger partial charge in [0, 0.05) is 5.56 Å². The first-order valence-corrected chi connectivity index (χ1v) is 6.82. The van der Waals surface area contributed by atoms with Crippen molar-refractivity contribution in [3.63, 3.8) is 0 Å². The van der Waals surface area contributed by atoms with E-state index < -0.39 is 12.3 Å². The minimum absolute atomic E-state index is 0.0476. The Morgan fingerprint density at radius 2 is 1.76 bits per heavy atom. The fourth-order valence-electron chi connectivity index (χ4n) is 2.22. The van der Waals surface area contributed by atoms with E-state index in [4.69, 9.17) is 11.5 Å². The van der Waals surface area contributed by atoms with Gasteiger partial charge in [-0.2, -0.15) is 0 Å².